The molecule has 3 N–H and O–H groups in total. The van der Waals surface area contributed by atoms with Crippen molar-refractivity contribution in [2.45, 2.75) is 31.9 Å². The van der Waals surface area contributed by atoms with Gasteiger partial charge in [0.2, 0.25) is 5.91 Å². The molecule has 27 heavy (non-hydrogen) atoms. The van der Waals surface area contributed by atoms with Crippen LogP contribution in [0.5, 0.6) is 0 Å². The third-order valence-corrected chi connectivity index (χ3v) is 4.91. The number of pyridine rings is 1. The van der Waals surface area contributed by atoms with Gasteiger partial charge in [-0.2, -0.15) is 0 Å². The Bertz CT molecular complexity index is 1030. The number of fused-ring (bicyclic) bond motifs is 1. The first-order chi connectivity index (χ1) is 13.2. The number of aliphatic hydroxyl groups is 1. The van der Waals surface area contributed by atoms with Gasteiger partial charge in [-0.15, -0.1) is 0 Å². The zero-order chi connectivity index (χ0) is 18.8. The van der Waals surface area contributed by atoms with Crippen LogP contribution in [0.2, 0.25) is 0 Å². The molecule has 3 aromatic heterocycles. The summed E-state index contributed by atoms with van der Waals surface area (Å²) in [6.45, 7) is 3.39. The fourth-order valence-electron chi connectivity index (χ4n) is 3.64. The van der Waals surface area contributed by atoms with Gasteiger partial charge in [-0.05, 0) is 54.7 Å². The van der Waals surface area contributed by atoms with Crippen molar-refractivity contribution in [2.24, 2.45) is 0 Å². The Morgan fingerprint density at radius 3 is 3.07 bits per heavy atom. The molecule has 6 nitrogen and oxygen atoms in total. The lowest BCUT2D eigenvalue weighted by atomic mass is 9.88. The summed E-state index contributed by atoms with van der Waals surface area (Å²) in [6, 6.07) is 5.71. The predicted molar refractivity (Wildman–Crippen MR) is 104 cm³/mol. The highest BCUT2D eigenvalue weighted by Gasteiger charge is 2.21. The lowest BCUT2D eigenvalue weighted by molar-refractivity contribution is -0.117. The van der Waals surface area contributed by atoms with Crippen LogP contribution in [-0.2, 0) is 11.4 Å². The van der Waals surface area contributed by atoms with Crippen molar-refractivity contribution in [3.63, 3.8) is 0 Å². The van der Waals surface area contributed by atoms with Gasteiger partial charge in [0.15, 0.2) is 0 Å². The Morgan fingerprint density at radius 2 is 2.30 bits per heavy atom. The Hall–Kier alpha value is -3.12. The van der Waals surface area contributed by atoms with Gasteiger partial charge in [-0.1, -0.05) is 12.7 Å². The molecule has 1 unspecified atom stereocenters. The van der Waals surface area contributed by atoms with Crippen molar-refractivity contribution in [2.75, 3.05) is 0 Å². The number of allylic oxidation sites excluding steroid dienone is 1. The van der Waals surface area contributed by atoms with E-state index in [0.717, 1.165) is 41.4 Å². The Morgan fingerprint density at radius 1 is 1.41 bits per heavy atom. The third kappa shape index (κ3) is 3.31. The van der Waals surface area contributed by atoms with Crippen LogP contribution in [0.3, 0.4) is 0 Å². The average Bonchev–Trinajstić information content (AvgIpc) is 3.34. The second-order valence-electron chi connectivity index (χ2n) is 6.63. The number of aromatic nitrogens is 2. The normalized spacial score (nSPS) is 16.9. The maximum Gasteiger partial charge on any atom is 0.243 e. The number of amides is 1. The van der Waals surface area contributed by atoms with E-state index < -0.39 is 0 Å². The monoisotopic (exact) mass is 363 g/mol. The first kappa shape index (κ1) is 17.3. The van der Waals surface area contributed by atoms with Gasteiger partial charge in [0.05, 0.1) is 0 Å². The highest BCUT2D eigenvalue weighted by atomic mass is 16.4. The highest BCUT2D eigenvalue weighted by Crippen LogP contribution is 2.37. The molecule has 1 atom stereocenters. The molecule has 1 amide bonds. The van der Waals surface area contributed by atoms with E-state index in [1.807, 2.05) is 18.3 Å². The number of furan rings is 1. The minimum Gasteiger partial charge on any atom is -0.459 e. The number of nitrogens with one attached hydrogen (secondary N) is 2. The lowest BCUT2D eigenvalue weighted by Crippen LogP contribution is -2.34. The van der Waals surface area contributed by atoms with Gasteiger partial charge in [0.1, 0.15) is 23.8 Å². The molecule has 0 saturated heterocycles. The summed E-state index contributed by atoms with van der Waals surface area (Å²) in [7, 11) is 0. The van der Waals surface area contributed by atoms with Gasteiger partial charge in [-0.3, -0.25) is 4.79 Å². The second-order valence-corrected chi connectivity index (χ2v) is 6.63. The van der Waals surface area contributed by atoms with Crippen LogP contribution in [0.1, 0.15) is 30.6 Å². The molecule has 0 radical (unpaired) electrons. The molecule has 0 fully saturated rings. The number of aliphatic hydroxyl groups excluding tert-OH is 1. The van der Waals surface area contributed by atoms with E-state index in [1.165, 1.54) is 11.6 Å². The Kier molecular flexibility index (Phi) is 4.64. The number of hydrogen-bond acceptors (Lipinski definition) is 4. The molecular formula is C21H21N3O3. The largest absolute Gasteiger partial charge is 0.459 e. The van der Waals surface area contributed by atoms with Crippen LogP contribution in [0.4, 0.5) is 0 Å². The first-order valence-corrected chi connectivity index (χ1v) is 8.98. The van der Waals surface area contributed by atoms with Crippen molar-refractivity contribution in [1.29, 1.82) is 0 Å². The topological polar surface area (TPSA) is 91.2 Å². The number of carbonyl (C=O) groups excluding carboxylic acids is 1. The molecular weight excluding hydrogens is 342 g/mol. The number of aromatic amines is 1. The summed E-state index contributed by atoms with van der Waals surface area (Å²) in [5.41, 5.74) is 3.95. The molecule has 0 saturated carbocycles. The zero-order valence-corrected chi connectivity index (χ0v) is 14.9. The number of carbonyl (C=O) groups is 1. The van der Waals surface area contributed by atoms with Crippen molar-refractivity contribution >= 4 is 22.5 Å². The van der Waals surface area contributed by atoms with Gasteiger partial charge in [-0.25, -0.2) is 4.98 Å². The SMILES string of the molecule is C=CC(=O)NC1CCC=C(c2ccnc3[nH]cc(-c4ccc(CO)o4)c23)C1. The molecule has 0 aliphatic heterocycles. The van der Waals surface area contributed by atoms with E-state index in [2.05, 4.69) is 27.9 Å². The van der Waals surface area contributed by atoms with Gasteiger partial charge >= 0.3 is 0 Å². The molecule has 4 rings (SSSR count). The van der Waals surface area contributed by atoms with E-state index in [4.69, 9.17) is 4.42 Å². The smallest absolute Gasteiger partial charge is 0.243 e. The fourth-order valence-corrected chi connectivity index (χ4v) is 3.64. The summed E-state index contributed by atoms with van der Waals surface area (Å²) in [5.74, 6) is 1.07. The van der Waals surface area contributed by atoms with Gasteiger partial charge in [0, 0.05) is 29.4 Å². The molecule has 0 bridgehead atoms. The van der Waals surface area contributed by atoms with E-state index >= 15 is 0 Å². The standard InChI is InChI=1S/C21H21N3O3/c1-2-19(26)24-14-5-3-4-13(10-14)16-8-9-22-21-20(16)17(11-23-21)18-7-6-15(12-25)27-18/h2,4,6-9,11,14,25H,1,3,5,10,12H2,(H,22,23)(H,24,26). The molecule has 1 aliphatic carbocycles. The molecule has 3 heterocycles. The van der Waals surface area contributed by atoms with Crippen molar-refractivity contribution < 1.29 is 14.3 Å². The second kappa shape index (κ2) is 7.25. The minimum atomic E-state index is -0.143. The van der Waals surface area contributed by atoms with E-state index in [9.17, 15) is 9.90 Å². The Labute approximate surface area is 156 Å². The zero-order valence-electron chi connectivity index (χ0n) is 14.9. The van der Waals surface area contributed by atoms with Gasteiger partial charge in [0.25, 0.3) is 0 Å². The highest BCUT2D eigenvalue weighted by molar-refractivity contribution is 6.00. The van der Waals surface area contributed by atoms with Gasteiger partial charge < -0.3 is 19.8 Å². The molecule has 3 aromatic rings. The molecule has 138 valence electrons. The van der Waals surface area contributed by atoms with Crippen LogP contribution in [-0.4, -0.2) is 27.0 Å². The molecule has 1 aliphatic rings. The molecule has 6 heteroatoms. The predicted octanol–water partition coefficient (Wildman–Crippen LogP) is 3.55. The third-order valence-electron chi connectivity index (χ3n) is 4.91. The molecule has 0 spiro atoms. The van der Waals surface area contributed by atoms with Crippen molar-refractivity contribution in [1.82, 2.24) is 15.3 Å². The quantitative estimate of drug-likeness (QED) is 0.605. The summed E-state index contributed by atoms with van der Waals surface area (Å²) in [6.07, 6.45) is 9.76. The van der Waals surface area contributed by atoms with Crippen molar-refractivity contribution in [3.8, 4) is 11.3 Å². The van der Waals surface area contributed by atoms with E-state index in [-0.39, 0.29) is 18.6 Å². The summed E-state index contributed by atoms with van der Waals surface area (Å²) < 4.78 is 5.73. The Balaban J connectivity index is 1.73. The van der Waals surface area contributed by atoms with E-state index in [0.29, 0.717) is 11.5 Å². The van der Waals surface area contributed by atoms with Crippen molar-refractivity contribution in [3.05, 3.63) is 60.6 Å². The first-order valence-electron chi connectivity index (χ1n) is 8.98. The summed E-state index contributed by atoms with van der Waals surface area (Å²) in [5, 5.41) is 13.3. The lowest BCUT2D eigenvalue weighted by Gasteiger charge is -2.24. The van der Waals surface area contributed by atoms with Crippen LogP contribution >= 0.6 is 0 Å². The number of nitrogens with zero attached hydrogens (tertiary/aromatic N) is 1. The summed E-state index contributed by atoms with van der Waals surface area (Å²) in [4.78, 5) is 19.3. The molecule has 0 aromatic carbocycles. The maximum absolute atomic E-state index is 11.7. The summed E-state index contributed by atoms with van der Waals surface area (Å²) >= 11 is 0. The maximum atomic E-state index is 11.7. The average molecular weight is 363 g/mol. The van der Waals surface area contributed by atoms with E-state index in [1.54, 1.807) is 12.3 Å². The number of hydrogen-bond donors (Lipinski definition) is 3. The fraction of sp³-hybridized carbons (Fsp3) is 0.238. The van der Waals surface area contributed by atoms with Crippen LogP contribution in [0.15, 0.2) is 53.7 Å². The number of rotatable bonds is 5. The minimum absolute atomic E-state index is 0.0886. The van der Waals surface area contributed by atoms with Crippen LogP contribution < -0.4 is 5.32 Å². The van der Waals surface area contributed by atoms with Crippen LogP contribution in [0.25, 0.3) is 27.9 Å². The number of H-pyrrole nitrogens is 1. The van der Waals surface area contributed by atoms with Crippen LogP contribution in [0, 0.1) is 0 Å².